The number of H-pyrrole nitrogens is 1. The number of aromatic nitrogens is 1. The first-order valence-electron chi connectivity index (χ1n) is 8.83. The Labute approximate surface area is 143 Å². The van der Waals surface area contributed by atoms with Crippen LogP contribution < -0.4 is 0 Å². The number of carbonyl (C=O) groups excluding carboxylic acids is 2. The SMILES string of the molecule is COC(=O)c1c(C)[nH]c(C(=O)N2CCN(C3CCCC3)CC2)c1C. The summed E-state index contributed by atoms with van der Waals surface area (Å²) in [5.74, 6) is -0.414. The Bertz CT molecular complexity index is 624. The normalized spacial score (nSPS) is 19.7. The van der Waals surface area contributed by atoms with Crippen molar-refractivity contribution < 1.29 is 14.3 Å². The first-order valence-corrected chi connectivity index (χ1v) is 8.83. The van der Waals surface area contributed by atoms with Gasteiger partial charge in [-0.25, -0.2) is 4.79 Å². The molecule has 24 heavy (non-hydrogen) atoms. The van der Waals surface area contributed by atoms with Crippen LogP contribution in [0.1, 0.15) is 57.8 Å². The number of carbonyl (C=O) groups is 2. The summed E-state index contributed by atoms with van der Waals surface area (Å²) in [4.78, 5) is 32.2. The van der Waals surface area contributed by atoms with Crippen molar-refractivity contribution in [1.82, 2.24) is 14.8 Å². The van der Waals surface area contributed by atoms with Crippen molar-refractivity contribution >= 4 is 11.9 Å². The van der Waals surface area contributed by atoms with E-state index in [4.69, 9.17) is 4.74 Å². The molecule has 0 radical (unpaired) electrons. The second-order valence-electron chi connectivity index (χ2n) is 6.88. The summed E-state index contributed by atoms with van der Waals surface area (Å²) >= 11 is 0. The summed E-state index contributed by atoms with van der Waals surface area (Å²) in [6.45, 7) is 6.99. The number of hydrogen-bond acceptors (Lipinski definition) is 4. The van der Waals surface area contributed by atoms with Crippen LogP contribution in [0.3, 0.4) is 0 Å². The summed E-state index contributed by atoms with van der Waals surface area (Å²) in [6.07, 6.45) is 5.26. The van der Waals surface area contributed by atoms with Crippen molar-refractivity contribution in [2.45, 2.75) is 45.6 Å². The fourth-order valence-corrected chi connectivity index (χ4v) is 4.09. The van der Waals surface area contributed by atoms with E-state index >= 15 is 0 Å². The topological polar surface area (TPSA) is 65.6 Å². The van der Waals surface area contributed by atoms with Gasteiger partial charge in [0.25, 0.3) is 5.91 Å². The van der Waals surface area contributed by atoms with Crippen molar-refractivity contribution in [2.24, 2.45) is 0 Å². The first-order chi connectivity index (χ1) is 11.5. The van der Waals surface area contributed by atoms with Crippen molar-refractivity contribution in [3.05, 3.63) is 22.5 Å². The highest BCUT2D eigenvalue weighted by Crippen LogP contribution is 2.25. The molecule has 6 nitrogen and oxygen atoms in total. The minimum absolute atomic E-state index is 0.0168. The van der Waals surface area contributed by atoms with E-state index in [0.29, 0.717) is 28.6 Å². The lowest BCUT2D eigenvalue weighted by Gasteiger charge is -2.38. The summed E-state index contributed by atoms with van der Waals surface area (Å²) in [5.41, 5.74) is 2.36. The van der Waals surface area contributed by atoms with Gasteiger partial charge in [0.15, 0.2) is 0 Å². The van der Waals surface area contributed by atoms with Gasteiger partial charge in [0.1, 0.15) is 5.69 Å². The zero-order chi connectivity index (χ0) is 17.3. The zero-order valence-electron chi connectivity index (χ0n) is 14.9. The van der Waals surface area contributed by atoms with Crippen molar-refractivity contribution in [3.8, 4) is 0 Å². The maximum Gasteiger partial charge on any atom is 0.339 e. The summed E-state index contributed by atoms with van der Waals surface area (Å²) < 4.78 is 4.82. The Morgan fingerprint density at radius 3 is 2.29 bits per heavy atom. The number of methoxy groups -OCH3 is 1. The predicted octanol–water partition coefficient (Wildman–Crippen LogP) is 2.12. The maximum atomic E-state index is 12.8. The highest BCUT2D eigenvalue weighted by Gasteiger charge is 2.30. The Morgan fingerprint density at radius 1 is 1.08 bits per heavy atom. The van der Waals surface area contributed by atoms with Crippen LogP contribution in [-0.4, -0.2) is 66.0 Å². The van der Waals surface area contributed by atoms with E-state index in [1.807, 2.05) is 4.90 Å². The molecular formula is C18H27N3O3. The third-order valence-corrected chi connectivity index (χ3v) is 5.48. The molecule has 2 aliphatic rings. The molecule has 0 aromatic carbocycles. The van der Waals surface area contributed by atoms with Crippen LogP contribution in [0.15, 0.2) is 0 Å². The second-order valence-corrected chi connectivity index (χ2v) is 6.88. The number of ether oxygens (including phenoxy) is 1. The smallest absolute Gasteiger partial charge is 0.339 e. The molecule has 1 N–H and O–H groups in total. The van der Waals surface area contributed by atoms with Gasteiger partial charge in [0.2, 0.25) is 0 Å². The third kappa shape index (κ3) is 3.07. The van der Waals surface area contributed by atoms with Gasteiger partial charge in [-0.1, -0.05) is 12.8 Å². The lowest BCUT2D eigenvalue weighted by Crippen LogP contribution is -2.51. The zero-order valence-corrected chi connectivity index (χ0v) is 14.9. The second kappa shape index (κ2) is 6.97. The standard InChI is InChI=1S/C18H27N3O3/c1-12-15(18(23)24-3)13(2)19-16(12)17(22)21-10-8-20(9-11-21)14-6-4-5-7-14/h14,19H,4-11H2,1-3H3. The van der Waals surface area contributed by atoms with Crippen LogP contribution in [0.4, 0.5) is 0 Å². The van der Waals surface area contributed by atoms with Gasteiger partial charge >= 0.3 is 5.97 Å². The van der Waals surface area contributed by atoms with Gasteiger partial charge in [-0.3, -0.25) is 9.69 Å². The molecule has 1 aromatic heterocycles. The molecule has 1 saturated heterocycles. The number of piperazine rings is 1. The van der Waals surface area contributed by atoms with Crippen LogP contribution >= 0.6 is 0 Å². The molecule has 1 aliphatic heterocycles. The molecule has 1 saturated carbocycles. The molecule has 2 fully saturated rings. The van der Waals surface area contributed by atoms with E-state index in [9.17, 15) is 9.59 Å². The summed E-state index contributed by atoms with van der Waals surface area (Å²) in [6, 6.07) is 0.711. The first kappa shape index (κ1) is 17.0. The number of esters is 1. The van der Waals surface area contributed by atoms with Gasteiger partial charge in [-0.15, -0.1) is 0 Å². The fraction of sp³-hybridized carbons (Fsp3) is 0.667. The molecule has 1 aromatic rings. The Balaban J connectivity index is 1.68. The molecule has 0 bridgehead atoms. The number of rotatable bonds is 3. The van der Waals surface area contributed by atoms with E-state index in [2.05, 4.69) is 9.88 Å². The number of nitrogens with one attached hydrogen (secondary N) is 1. The molecule has 1 aliphatic carbocycles. The quantitative estimate of drug-likeness (QED) is 0.861. The molecule has 6 heteroatoms. The van der Waals surface area contributed by atoms with Gasteiger partial charge in [-0.05, 0) is 32.3 Å². The third-order valence-electron chi connectivity index (χ3n) is 5.48. The molecule has 132 valence electrons. The monoisotopic (exact) mass is 333 g/mol. The number of nitrogens with zero attached hydrogens (tertiary/aromatic N) is 2. The fourth-order valence-electron chi connectivity index (χ4n) is 4.09. The molecule has 0 unspecified atom stereocenters. The highest BCUT2D eigenvalue weighted by molar-refractivity contribution is 6.00. The maximum absolute atomic E-state index is 12.8. The van der Waals surface area contributed by atoms with Gasteiger partial charge in [0.05, 0.1) is 12.7 Å². The van der Waals surface area contributed by atoms with Crippen molar-refractivity contribution in [2.75, 3.05) is 33.3 Å². The number of hydrogen-bond donors (Lipinski definition) is 1. The van der Waals surface area contributed by atoms with Crippen LogP contribution in [0.2, 0.25) is 0 Å². The number of amides is 1. The van der Waals surface area contributed by atoms with Gasteiger partial charge in [0, 0.05) is 37.9 Å². The van der Waals surface area contributed by atoms with Crippen LogP contribution in [0.25, 0.3) is 0 Å². The minimum atomic E-state index is -0.397. The predicted molar refractivity (Wildman–Crippen MR) is 91.3 cm³/mol. The van der Waals surface area contributed by atoms with Crippen molar-refractivity contribution in [1.29, 1.82) is 0 Å². The summed E-state index contributed by atoms with van der Waals surface area (Å²) in [5, 5.41) is 0. The average Bonchev–Trinajstić information content (AvgIpc) is 3.22. The Kier molecular flexibility index (Phi) is 4.94. The molecule has 1 amide bonds. The van der Waals surface area contributed by atoms with Gasteiger partial charge in [-0.2, -0.15) is 0 Å². The number of aryl methyl sites for hydroxylation is 1. The average molecular weight is 333 g/mol. The summed E-state index contributed by atoms with van der Waals surface area (Å²) in [7, 11) is 1.36. The minimum Gasteiger partial charge on any atom is -0.465 e. The highest BCUT2D eigenvalue weighted by atomic mass is 16.5. The van der Waals surface area contributed by atoms with Crippen LogP contribution in [0.5, 0.6) is 0 Å². The molecule has 0 spiro atoms. The van der Waals surface area contributed by atoms with Gasteiger partial charge < -0.3 is 14.6 Å². The Morgan fingerprint density at radius 2 is 1.71 bits per heavy atom. The van der Waals surface area contributed by atoms with Crippen molar-refractivity contribution in [3.63, 3.8) is 0 Å². The van der Waals surface area contributed by atoms with Crippen LogP contribution in [-0.2, 0) is 4.74 Å². The van der Waals surface area contributed by atoms with Crippen LogP contribution in [0, 0.1) is 13.8 Å². The molecule has 2 heterocycles. The van der Waals surface area contributed by atoms with E-state index in [-0.39, 0.29) is 5.91 Å². The van der Waals surface area contributed by atoms with E-state index in [0.717, 1.165) is 26.2 Å². The number of aromatic amines is 1. The van der Waals surface area contributed by atoms with E-state index in [1.54, 1.807) is 13.8 Å². The van der Waals surface area contributed by atoms with E-state index < -0.39 is 5.97 Å². The lowest BCUT2D eigenvalue weighted by atomic mass is 10.1. The lowest BCUT2D eigenvalue weighted by molar-refractivity contribution is 0.0568. The Hall–Kier alpha value is -1.82. The molecule has 3 rings (SSSR count). The largest absolute Gasteiger partial charge is 0.465 e. The molecular weight excluding hydrogens is 306 g/mol. The molecule has 0 atom stereocenters. The van der Waals surface area contributed by atoms with E-state index in [1.165, 1.54) is 32.8 Å².